The molecule has 0 amide bonds. The highest BCUT2D eigenvalue weighted by Gasteiger charge is 2.39. The molecule has 1 aromatic heterocycles. The van der Waals surface area contributed by atoms with Gasteiger partial charge in [-0.15, -0.1) is 0 Å². The summed E-state index contributed by atoms with van der Waals surface area (Å²) < 4.78 is 7.85. The molecular weight excluding hydrogens is 369 g/mol. The summed E-state index contributed by atoms with van der Waals surface area (Å²) in [5, 5.41) is 3.60. The van der Waals surface area contributed by atoms with Gasteiger partial charge in [0.15, 0.2) is 0 Å². The maximum absolute atomic E-state index is 12.3. The van der Waals surface area contributed by atoms with Crippen LogP contribution in [0.15, 0.2) is 36.4 Å². The summed E-state index contributed by atoms with van der Waals surface area (Å²) >= 11 is 12.4. The number of carbonyl (C=O) groups excluding carboxylic acids is 1. The molecule has 5 heteroatoms. The zero-order chi connectivity index (χ0) is 18.6. The van der Waals surface area contributed by atoms with E-state index in [-0.39, 0.29) is 17.9 Å². The van der Waals surface area contributed by atoms with E-state index in [9.17, 15) is 4.79 Å². The van der Waals surface area contributed by atoms with Crippen molar-refractivity contribution in [3.8, 4) is 0 Å². The second-order valence-electron chi connectivity index (χ2n) is 8.05. The Hall–Kier alpha value is -1.71. The number of aromatic nitrogens is 1. The Labute approximate surface area is 162 Å². The molecule has 0 unspecified atom stereocenters. The molecule has 1 aliphatic carbocycles. The van der Waals surface area contributed by atoms with Crippen molar-refractivity contribution in [2.24, 2.45) is 5.92 Å². The van der Waals surface area contributed by atoms with Crippen LogP contribution >= 0.6 is 23.2 Å². The van der Waals surface area contributed by atoms with E-state index < -0.39 is 5.60 Å². The first kappa shape index (κ1) is 17.7. The molecule has 1 saturated carbocycles. The van der Waals surface area contributed by atoms with Gasteiger partial charge in [-0.25, -0.2) is 0 Å². The lowest BCUT2D eigenvalue weighted by Gasteiger charge is -2.37. The van der Waals surface area contributed by atoms with E-state index >= 15 is 0 Å². The van der Waals surface area contributed by atoms with E-state index in [1.807, 2.05) is 57.2 Å². The highest BCUT2D eigenvalue weighted by atomic mass is 35.5. The van der Waals surface area contributed by atoms with Crippen molar-refractivity contribution in [2.45, 2.75) is 45.3 Å². The van der Waals surface area contributed by atoms with Gasteiger partial charge >= 0.3 is 5.97 Å². The average Bonchev–Trinajstić information content (AvgIpc) is 2.77. The molecular formula is C21H21Cl2NO2. The molecule has 2 aromatic carbocycles. The molecule has 0 atom stereocenters. The fraction of sp³-hybridized carbons (Fsp3) is 0.381. The predicted molar refractivity (Wildman–Crippen MR) is 107 cm³/mol. The lowest BCUT2D eigenvalue weighted by atomic mass is 9.80. The molecule has 26 heavy (non-hydrogen) atoms. The Morgan fingerprint density at radius 1 is 1.00 bits per heavy atom. The van der Waals surface area contributed by atoms with Crippen LogP contribution in [0, 0.1) is 5.92 Å². The molecule has 1 aliphatic rings. The third-order valence-corrected chi connectivity index (χ3v) is 5.42. The van der Waals surface area contributed by atoms with Crippen molar-refractivity contribution in [1.82, 2.24) is 4.57 Å². The van der Waals surface area contributed by atoms with Crippen LogP contribution in [0.25, 0.3) is 21.8 Å². The number of hydrogen-bond acceptors (Lipinski definition) is 2. The zero-order valence-electron chi connectivity index (χ0n) is 15.1. The maximum atomic E-state index is 12.3. The van der Waals surface area contributed by atoms with E-state index in [1.165, 1.54) is 0 Å². The minimum Gasteiger partial charge on any atom is -0.460 e. The molecule has 0 aliphatic heterocycles. The second-order valence-corrected chi connectivity index (χ2v) is 8.92. The maximum Gasteiger partial charge on any atom is 0.309 e. The molecule has 0 bridgehead atoms. The first-order valence-corrected chi connectivity index (χ1v) is 9.60. The molecule has 0 spiro atoms. The molecule has 3 nitrogen and oxygen atoms in total. The fourth-order valence-corrected chi connectivity index (χ4v) is 4.11. The summed E-state index contributed by atoms with van der Waals surface area (Å²) in [6.45, 7) is 5.71. The Balaban J connectivity index is 1.70. The first-order chi connectivity index (χ1) is 12.2. The van der Waals surface area contributed by atoms with Gasteiger partial charge < -0.3 is 9.30 Å². The van der Waals surface area contributed by atoms with Crippen molar-refractivity contribution in [1.29, 1.82) is 0 Å². The molecule has 3 aromatic rings. The van der Waals surface area contributed by atoms with E-state index in [0.29, 0.717) is 10.0 Å². The third kappa shape index (κ3) is 3.08. The number of rotatable bonds is 2. The van der Waals surface area contributed by atoms with Crippen molar-refractivity contribution >= 4 is 51.0 Å². The van der Waals surface area contributed by atoms with Crippen LogP contribution < -0.4 is 0 Å². The second kappa shape index (κ2) is 6.17. The van der Waals surface area contributed by atoms with Gasteiger partial charge in [0.25, 0.3) is 0 Å². The number of nitrogens with zero attached hydrogens (tertiary/aromatic N) is 1. The van der Waals surface area contributed by atoms with Crippen LogP contribution in [0.5, 0.6) is 0 Å². The van der Waals surface area contributed by atoms with Gasteiger partial charge in [0, 0.05) is 37.9 Å². The summed E-state index contributed by atoms with van der Waals surface area (Å²) in [7, 11) is 0. The third-order valence-electron chi connectivity index (χ3n) is 4.94. The fourth-order valence-electron chi connectivity index (χ4n) is 3.77. The minimum atomic E-state index is -0.442. The van der Waals surface area contributed by atoms with E-state index in [1.54, 1.807) is 0 Å². The van der Waals surface area contributed by atoms with E-state index in [4.69, 9.17) is 27.9 Å². The summed E-state index contributed by atoms with van der Waals surface area (Å²) in [5.41, 5.74) is 1.81. The van der Waals surface area contributed by atoms with Gasteiger partial charge in [-0.2, -0.15) is 0 Å². The Kier molecular flexibility index (Phi) is 4.20. The van der Waals surface area contributed by atoms with E-state index in [0.717, 1.165) is 34.6 Å². The quantitative estimate of drug-likeness (QED) is 0.475. The summed E-state index contributed by atoms with van der Waals surface area (Å²) in [5.74, 6) is -0.132. The summed E-state index contributed by atoms with van der Waals surface area (Å²) in [4.78, 5) is 12.3. The van der Waals surface area contributed by atoms with Crippen molar-refractivity contribution in [2.75, 3.05) is 0 Å². The normalized spacial score (nSPS) is 20.3. The van der Waals surface area contributed by atoms with Crippen LogP contribution in [-0.4, -0.2) is 16.1 Å². The van der Waals surface area contributed by atoms with Crippen LogP contribution in [0.3, 0.4) is 0 Å². The molecule has 136 valence electrons. The van der Waals surface area contributed by atoms with Crippen molar-refractivity contribution in [3.05, 3.63) is 46.4 Å². The number of fused-ring (bicyclic) bond motifs is 3. The molecule has 0 radical (unpaired) electrons. The van der Waals surface area contributed by atoms with Gasteiger partial charge in [-0.1, -0.05) is 23.2 Å². The Morgan fingerprint density at radius 3 is 1.96 bits per heavy atom. The summed E-state index contributed by atoms with van der Waals surface area (Å²) in [6, 6.07) is 12.1. The predicted octanol–water partition coefficient (Wildman–Crippen LogP) is 6.39. The topological polar surface area (TPSA) is 31.2 Å². The van der Waals surface area contributed by atoms with Crippen LogP contribution in [0.4, 0.5) is 0 Å². The van der Waals surface area contributed by atoms with Gasteiger partial charge in [0.2, 0.25) is 0 Å². The van der Waals surface area contributed by atoms with E-state index in [2.05, 4.69) is 4.57 Å². The molecule has 0 saturated heterocycles. The summed E-state index contributed by atoms with van der Waals surface area (Å²) in [6.07, 6.45) is 1.58. The van der Waals surface area contributed by atoms with Crippen LogP contribution in [0.1, 0.15) is 39.7 Å². The minimum absolute atomic E-state index is 0.0358. The van der Waals surface area contributed by atoms with Crippen LogP contribution in [0.2, 0.25) is 10.0 Å². The lowest BCUT2D eigenvalue weighted by molar-refractivity contribution is -0.164. The standard InChI is InChI=1S/C21H21Cl2NO2/c1-21(2,3)26-20(25)12-8-15(9-12)24-18-6-4-13(22)10-16(18)17-11-14(23)5-7-19(17)24/h4-7,10-12,15H,8-9H2,1-3H3. The molecule has 1 fully saturated rings. The van der Waals surface area contributed by atoms with Gasteiger partial charge in [0.1, 0.15) is 5.60 Å². The molecule has 0 N–H and O–H groups in total. The highest BCUT2D eigenvalue weighted by molar-refractivity contribution is 6.33. The SMILES string of the molecule is CC(C)(C)OC(=O)C1CC(n2c3ccc(Cl)cc3c3cc(Cl)ccc32)C1. The Morgan fingerprint density at radius 2 is 1.50 bits per heavy atom. The monoisotopic (exact) mass is 389 g/mol. The number of hydrogen-bond donors (Lipinski definition) is 0. The number of carbonyl (C=O) groups is 1. The number of benzene rings is 2. The van der Waals surface area contributed by atoms with Crippen LogP contribution in [-0.2, 0) is 9.53 Å². The van der Waals surface area contributed by atoms with Crippen molar-refractivity contribution < 1.29 is 9.53 Å². The molecule has 1 heterocycles. The van der Waals surface area contributed by atoms with Gasteiger partial charge in [-0.3, -0.25) is 4.79 Å². The van der Waals surface area contributed by atoms with Gasteiger partial charge in [-0.05, 0) is 70.0 Å². The number of halogens is 2. The first-order valence-electron chi connectivity index (χ1n) is 8.84. The highest BCUT2D eigenvalue weighted by Crippen LogP contribution is 2.44. The largest absolute Gasteiger partial charge is 0.460 e. The van der Waals surface area contributed by atoms with Crippen molar-refractivity contribution in [3.63, 3.8) is 0 Å². The zero-order valence-corrected chi connectivity index (χ0v) is 16.6. The van der Waals surface area contributed by atoms with Gasteiger partial charge in [0.05, 0.1) is 5.92 Å². The smallest absolute Gasteiger partial charge is 0.309 e. The number of ether oxygens (including phenoxy) is 1. The Bertz CT molecular complexity index is 951. The number of esters is 1. The lowest BCUT2D eigenvalue weighted by Crippen LogP contribution is -2.37. The average molecular weight is 390 g/mol. The molecule has 4 rings (SSSR count).